The molecule has 1 heterocycles. The minimum atomic E-state index is -4.94. The molecule has 2 aliphatic carbocycles. The van der Waals surface area contributed by atoms with Crippen molar-refractivity contribution >= 4 is 5.97 Å². The van der Waals surface area contributed by atoms with Gasteiger partial charge in [0, 0.05) is 18.7 Å². The van der Waals surface area contributed by atoms with Crippen molar-refractivity contribution < 1.29 is 31.5 Å². The molecule has 0 radical (unpaired) electrons. The lowest BCUT2D eigenvalue weighted by Gasteiger charge is -2.34. The van der Waals surface area contributed by atoms with Crippen molar-refractivity contribution in [3.63, 3.8) is 0 Å². The van der Waals surface area contributed by atoms with Crippen LogP contribution in [0.2, 0.25) is 0 Å². The predicted molar refractivity (Wildman–Crippen MR) is 97.0 cm³/mol. The molecular formula is C21H21F5N2O2. The summed E-state index contributed by atoms with van der Waals surface area (Å²) >= 11 is 0. The van der Waals surface area contributed by atoms with Crippen molar-refractivity contribution in [1.82, 2.24) is 9.78 Å². The molecule has 30 heavy (non-hydrogen) atoms. The van der Waals surface area contributed by atoms with Crippen LogP contribution >= 0.6 is 0 Å². The molecule has 1 aromatic heterocycles. The summed E-state index contributed by atoms with van der Waals surface area (Å²) in [6.45, 7) is 2.30. The molecule has 0 unspecified atom stereocenters. The zero-order valence-electron chi connectivity index (χ0n) is 16.3. The number of nitrogens with zero attached hydrogens (tertiary/aromatic N) is 2. The number of carbonyl (C=O) groups is 1. The van der Waals surface area contributed by atoms with E-state index in [4.69, 9.17) is 4.74 Å². The van der Waals surface area contributed by atoms with Crippen LogP contribution in [-0.4, -0.2) is 21.7 Å². The average Bonchev–Trinajstić information content (AvgIpc) is 3.02. The number of aromatic nitrogens is 2. The number of esters is 1. The maximum absolute atomic E-state index is 14.7. The summed E-state index contributed by atoms with van der Waals surface area (Å²) in [7, 11) is 0. The van der Waals surface area contributed by atoms with Gasteiger partial charge in [0.05, 0.1) is 11.1 Å². The Hall–Kier alpha value is -2.45. The zero-order chi connectivity index (χ0) is 21.7. The van der Waals surface area contributed by atoms with Crippen LogP contribution in [0.5, 0.6) is 0 Å². The Balaban J connectivity index is 1.73. The van der Waals surface area contributed by atoms with E-state index in [9.17, 15) is 26.7 Å². The standard InChI is InChI=1S/C21H21F5N2O2/c1-12-9-13(10-12)11-28-15-7-8-20(22,23)18(16(15)17(27-28)21(24,25)26)30-19(29)14-5-3-2-4-6-14/h2-6,12-13,18H,7-11H2,1H3/t12?,13?,18-/m0/s1. The highest BCUT2D eigenvalue weighted by Gasteiger charge is 2.54. The summed E-state index contributed by atoms with van der Waals surface area (Å²) in [5.41, 5.74) is -2.03. The van der Waals surface area contributed by atoms with Crippen LogP contribution in [0.3, 0.4) is 0 Å². The van der Waals surface area contributed by atoms with Crippen molar-refractivity contribution in [2.24, 2.45) is 11.8 Å². The van der Waals surface area contributed by atoms with Crippen molar-refractivity contribution in [1.29, 1.82) is 0 Å². The molecule has 2 aliphatic rings. The van der Waals surface area contributed by atoms with Crippen molar-refractivity contribution in [2.45, 2.75) is 57.4 Å². The molecule has 0 saturated heterocycles. The van der Waals surface area contributed by atoms with Crippen LogP contribution in [-0.2, 0) is 23.9 Å². The van der Waals surface area contributed by atoms with Gasteiger partial charge in [0.25, 0.3) is 5.92 Å². The SMILES string of the molecule is CC1CC(Cn2nc(C(F)(F)F)c3c2CCC(F)(F)[C@H]3OC(=O)c2ccccc2)C1. The number of hydrogen-bond acceptors (Lipinski definition) is 3. The normalized spacial score (nSPS) is 25.3. The smallest absolute Gasteiger partial charge is 0.435 e. The Morgan fingerprint density at radius 1 is 1.23 bits per heavy atom. The van der Waals surface area contributed by atoms with Gasteiger partial charge in [-0.15, -0.1) is 0 Å². The van der Waals surface area contributed by atoms with Gasteiger partial charge >= 0.3 is 12.1 Å². The Morgan fingerprint density at radius 2 is 1.90 bits per heavy atom. The lowest BCUT2D eigenvalue weighted by molar-refractivity contribution is -0.151. The van der Waals surface area contributed by atoms with Gasteiger partial charge in [-0.3, -0.25) is 4.68 Å². The highest BCUT2D eigenvalue weighted by Crippen LogP contribution is 2.49. The molecule has 0 N–H and O–H groups in total. The number of rotatable bonds is 4. The molecule has 4 nitrogen and oxygen atoms in total. The molecule has 2 aromatic rings. The van der Waals surface area contributed by atoms with Crippen molar-refractivity contribution in [2.75, 3.05) is 0 Å². The van der Waals surface area contributed by atoms with E-state index in [1.165, 1.54) is 28.9 Å². The van der Waals surface area contributed by atoms with Crippen LogP contribution in [0, 0.1) is 11.8 Å². The van der Waals surface area contributed by atoms with E-state index in [1.54, 1.807) is 6.07 Å². The fourth-order valence-corrected chi connectivity index (χ4v) is 4.39. The van der Waals surface area contributed by atoms with Crippen LogP contribution in [0.15, 0.2) is 30.3 Å². The lowest BCUT2D eigenvalue weighted by Crippen LogP contribution is -2.36. The molecule has 0 amide bonds. The van der Waals surface area contributed by atoms with Gasteiger partial charge in [0.1, 0.15) is 0 Å². The van der Waals surface area contributed by atoms with Gasteiger partial charge in [-0.05, 0) is 43.2 Å². The number of halogens is 5. The van der Waals surface area contributed by atoms with E-state index in [0.717, 1.165) is 12.8 Å². The monoisotopic (exact) mass is 428 g/mol. The van der Waals surface area contributed by atoms with Gasteiger partial charge in [-0.1, -0.05) is 25.1 Å². The molecule has 162 valence electrons. The minimum absolute atomic E-state index is 0.00942. The van der Waals surface area contributed by atoms with Crippen LogP contribution in [0.4, 0.5) is 22.0 Å². The largest absolute Gasteiger partial charge is 0.447 e. The predicted octanol–water partition coefficient (Wildman–Crippen LogP) is 5.43. The summed E-state index contributed by atoms with van der Waals surface area (Å²) in [6.07, 6.45) is -6.52. The summed E-state index contributed by atoms with van der Waals surface area (Å²) in [4.78, 5) is 12.4. The fraction of sp³-hybridized carbons (Fsp3) is 0.524. The Bertz CT molecular complexity index is 933. The molecular weight excluding hydrogens is 407 g/mol. The van der Waals surface area contributed by atoms with E-state index in [1.807, 2.05) is 0 Å². The zero-order valence-corrected chi connectivity index (χ0v) is 16.3. The minimum Gasteiger partial charge on any atom is -0.447 e. The third kappa shape index (κ3) is 3.81. The Morgan fingerprint density at radius 3 is 2.50 bits per heavy atom. The van der Waals surface area contributed by atoms with E-state index in [0.29, 0.717) is 5.92 Å². The molecule has 4 rings (SSSR count). The van der Waals surface area contributed by atoms with Crippen LogP contribution in [0.1, 0.15) is 59.6 Å². The van der Waals surface area contributed by atoms with Gasteiger partial charge < -0.3 is 4.74 Å². The number of carbonyl (C=O) groups excluding carboxylic acids is 1. The Kier molecular flexibility index (Phi) is 5.10. The highest BCUT2D eigenvalue weighted by molar-refractivity contribution is 5.89. The molecule has 1 aromatic carbocycles. The summed E-state index contributed by atoms with van der Waals surface area (Å²) in [5, 5.41) is 3.67. The molecule has 1 atom stereocenters. The van der Waals surface area contributed by atoms with E-state index in [2.05, 4.69) is 12.0 Å². The van der Waals surface area contributed by atoms with Gasteiger partial charge in [0.15, 0.2) is 11.8 Å². The topological polar surface area (TPSA) is 44.1 Å². The van der Waals surface area contributed by atoms with Crippen LogP contribution in [0.25, 0.3) is 0 Å². The first-order valence-electron chi connectivity index (χ1n) is 9.87. The highest BCUT2D eigenvalue weighted by atomic mass is 19.4. The maximum atomic E-state index is 14.7. The lowest BCUT2D eigenvalue weighted by atomic mass is 9.76. The first-order chi connectivity index (χ1) is 14.1. The van der Waals surface area contributed by atoms with Crippen LogP contribution < -0.4 is 0 Å². The number of ether oxygens (including phenoxy) is 1. The molecule has 1 fully saturated rings. The maximum Gasteiger partial charge on any atom is 0.435 e. The average molecular weight is 428 g/mol. The summed E-state index contributed by atoms with van der Waals surface area (Å²) in [6, 6.07) is 7.36. The third-order valence-electron chi connectivity index (χ3n) is 5.84. The number of benzene rings is 1. The number of fused-ring (bicyclic) bond motifs is 1. The molecule has 0 aliphatic heterocycles. The molecule has 9 heteroatoms. The van der Waals surface area contributed by atoms with E-state index in [-0.39, 0.29) is 30.1 Å². The van der Waals surface area contributed by atoms with Crippen molar-refractivity contribution in [3.05, 3.63) is 52.8 Å². The van der Waals surface area contributed by atoms with Gasteiger partial charge in [0.2, 0.25) is 0 Å². The van der Waals surface area contributed by atoms with Gasteiger partial charge in [-0.2, -0.15) is 18.3 Å². The molecule has 0 spiro atoms. The molecule has 0 bridgehead atoms. The quantitative estimate of drug-likeness (QED) is 0.482. The number of alkyl halides is 5. The van der Waals surface area contributed by atoms with E-state index >= 15 is 0 Å². The summed E-state index contributed by atoms with van der Waals surface area (Å²) < 4.78 is 76.7. The van der Waals surface area contributed by atoms with E-state index < -0.39 is 41.9 Å². The third-order valence-corrected chi connectivity index (χ3v) is 5.84. The second-order valence-corrected chi connectivity index (χ2v) is 8.24. The molecule has 1 saturated carbocycles. The fourth-order valence-electron chi connectivity index (χ4n) is 4.39. The Labute approximate surface area is 170 Å². The van der Waals surface area contributed by atoms with Gasteiger partial charge in [-0.25, -0.2) is 13.6 Å². The first-order valence-corrected chi connectivity index (χ1v) is 9.87. The second-order valence-electron chi connectivity index (χ2n) is 8.24. The second kappa shape index (κ2) is 7.35. The van der Waals surface area contributed by atoms with Crippen molar-refractivity contribution in [3.8, 4) is 0 Å². The first kappa shape index (κ1) is 20.8. The summed E-state index contributed by atoms with van der Waals surface area (Å²) in [5.74, 6) is -4.07. The number of hydrogen-bond donors (Lipinski definition) is 0.